The molecule has 2 aromatic rings. The van der Waals surface area contributed by atoms with E-state index in [0.29, 0.717) is 6.54 Å². The van der Waals surface area contributed by atoms with Gasteiger partial charge in [-0.3, -0.25) is 0 Å². The molecule has 20 heavy (non-hydrogen) atoms. The number of rotatable bonds is 7. The summed E-state index contributed by atoms with van der Waals surface area (Å²) in [5, 5.41) is 0. The van der Waals surface area contributed by atoms with Crippen LogP contribution in [0.2, 0.25) is 0 Å². The first-order chi connectivity index (χ1) is 9.79. The topological polar surface area (TPSA) is 33.3 Å². The molecule has 2 rings (SSSR count). The average molecular weight is 270 g/mol. The van der Waals surface area contributed by atoms with Gasteiger partial charge in [-0.05, 0) is 31.5 Å². The second-order valence-electron chi connectivity index (χ2n) is 4.79. The van der Waals surface area contributed by atoms with Crippen molar-refractivity contribution in [2.24, 2.45) is 0 Å². The molecule has 106 valence electrons. The van der Waals surface area contributed by atoms with Crippen molar-refractivity contribution < 1.29 is 4.74 Å². The van der Waals surface area contributed by atoms with Crippen LogP contribution in [0.25, 0.3) is 0 Å². The zero-order valence-electron chi connectivity index (χ0n) is 12.1. The molecule has 0 radical (unpaired) electrons. The first kappa shape index (κ1) is 14.4. The molecule has 0 amide bonds. The van der Waals surface area contributed by atoms with Crippen LogP contribution < -0.4 is 15.6 Å². The van der Waals surface area contributed by atoms with Crippen molar-refractivity contribution >= 4 is 5.69 Å². The number of benzene rings is 2. The predicted octanol–water partition coefficient (Wildman–Crippen LogP) is 3.98. The maximum Gasteiger partial charge on any atom is 0.124 e. The Morgan fingerprint density at radius 3 is 2.45 bits per heavy atom. The van der Waals surface area contributed by atoms with E-state index in [1.165, 1.54) is 0 Å². The van der Waals surface area contributed by atoms with Crippen molar-refractivity contribution in [1.82, 2.24) is 5.43 Å². The van der Waals surface area contributed by atoms with Gasteiger partial charge in [0.05, 0.1) is 6.10 Å². The number of para-hydroxylation sites is 2. The molecule has 0 aliphatic rings. The van der Waals surface area contributed by atoms with E-state index in [4.69, 9.17) is 4.74 Å². The third-order valence-corrected chi connectivity index (χ3v) is 3.16. The Morgan fingerprint density at radius 1 is 1.00 bits per heavy atom. The lowest BCUT2D eigenvalue weighted by Crippen LogP contribution is -2.21. The Morgan fingerprint density at radius 2 is 1.70 bits per heavy atom. The molecule has 0 saturated carbocycles. The Bertz CT molecular complexity index is 513. The lowest BCUT2D eigenvalue weighted by molar-refractivity contribution is 0.215. The first-order valence-electron chi connectivity index (χ1n) is 7.08. The summed E-state index contributed by atoms with van der Waals surface area (Å²) in [6.45, 7) is 4.93. The van der Waals surface area contributed by atoms with Gasteiger partial charge < -0.3 is 10.2 Å². The Labute approximate surface area is 120 Å². The van der Waals surface area contributed by atoms with Gasteiger partial charge in [-0.25, -0.2) is 5.43 Å². The summed E-state index contributed by atoms with van der Waals surface area (Å²) >= 11 is 0. The maximum absolute atomic E-state index is 5.93. The van der Waals surface area contributed by atoms with Crippen molar-refractivity contribution in [3.8, 4) is 5.75 Å². The van der Waals surface area contributed by atoms with Crippen LogP contribution in [0.15, 0.2) is 54.6 Å². The number of anilines is 1. The quantitative estimate of drug-likeness (QED) is 0.747. The van der Waals surface area contributed by atoms with Gasteiger partial charge in [0.15, 0.2) is 0 Å². The number of hydrogen-bond donors (Lipinski definition) is 2. The number of nitrogens with one attached hydrogen (secondary N) is 2. The fourth-order valence-electron chi connectivity index (χ4n) is 1.83. The van der Waals surface area contributed by atoms with Crippen LogP contribution in [0.4, 0.5) is 5.69 Å². The average Bonchev–Trinajstić information content (AvgIpc) is 2.50. The fraction of sp³-hybridized carbons (Fsp3) is 0.294. The standard InChI is InChI=1S/C17H22N2O/c1-3-14(2)20-17-12-8-7-9-15(17)13-18-19-16-10-5-4-6-11-16/h4-12,14,18-19H,3,13H2,1-2H3. The first-order valence-corrected chi connectivity index (χ1v) is 7.08. The molecule has 3 nitrogen and oxygen atoms in total. The van der Waals surface area contributed by atoms with E-state index < -0.39 is 0 Å². The largest absolute Gasteiger partial charge is 0.490 e. The van der Waals surface area contributed by atoms with Crippen molar-refractivity contribution in [3.05, 3.63) is 60.2 Å². The molecule has 0 fully saturated rings. The summed E-state index contributed by atoms with van der Waals surface area (Å²) in [6, 6.07) is 18.2. The highest BCUT2D eigenvalue weighted by Crippen LogP contribution is 2.20. The highest BCUT2D eigenvalue weighted by atomic mass is 16.5. The summed E-state index contributed by atoms with van der Waals surface area (Å²) in [6.07, 6.45) is 1.24. The van der Waals surface area contributed by atoms with Crippen LogP contribution in [0, 0.1) is 0 Å². The molecule has 1 atom stereocenters. The molecule has 2 N–H and O–H groups in total. The second-order valence-corrected chi connectivity index (χ2v) is 4.79. The second kappa shape index (κ2) is 7.56. The highest BCUT2D eigenvalue weighted by Gasteiger charge is 2.06. The molecule has 0 spiro atoms. The molecule has 2 aromatic carbocycles. The van der Waals surface area contributed by atoms with E-state index in [9.17, 15) is 0 Å². The molecule has 1 unspecified atom stereocenters. The number of hydrogen-bond acceptors (Lipinski definition) is 3. The molecule has 0 aliphatic heterocycles. The van der Waals surface area contributed by atoms with Crippen molar-refractivity contribution in [1.29, 1.82) is 0 Å². The van der Waals surface area contributed by atoms with E-state index in [1.54, 1.807) is 0 Å². The molecule has 0 saturated heterocycles. The lowest BCUT2D eigenvalue weighted by Gasteiger charge is -2.16. The van der Waals surface area contributed by atoms with Crippen LogP contribution in [-0.2, 0) is 6.54 Å². The van der Waals surface area contributed by atoms with Gasteiger partial charge in [0.25, 0.3) is 0 Å². The van der Waals surface area contributed by atoms with Crippen LogP contribution in [0.1, 0.15) is 25.8 Å². The van der Waals surface area contributed by atoms with Crippen molar-refractivity contribution in [2.45, 2.75) is 32.9 Å². The molecular weight excluding hydrogens is 248 g/mol. The minimum absolute atomic E-state index is 0.234. The summed E-state index contributed by atoms with van der Waals surface area (Å²) in [4.78, 5) is 0. The van der Waals surface area contributed by atoms with Gasteiger partial charge in [0, 0.05) is 17.8 Å². The highest BCUT2D eigenvalue weighted by molar-refractivity contribution is 5.41. The number of ether oxygens (including phenoxy) is 1. The van der Waals surface area contributed by atoms with Gasteiger partial charge in [0.2, 0.25) is 0 Å². The van der Waals surface area contributed by atoms with Gasteiger partial charge in [0.1, 0.15) is 5.75 Å². The van der Waals surface area contributed by atoms with E-state index in [-0.39, 0.29) is 6.10 Å². The van der Waals surface area contributed by atoms with Gasteiger partial charge in [-0.1, -0.05) is 43.3 Å². The van der Waals surface area contributed by atoms with Crippen molar-refractivity contribution in [3.63, 3.8) is 0 Å². The van der Waals surface area contributed by atoms with E-state index in [1.807, 2.05) is 48.5 Å². The summed E-state index contributed by atoms with van der Waals surface area (Å²) < 4.78 is 5.93. The molecule has 0 aliphatic carbocycles. The van der Waals surface area contributed by atoms with Gasteiger partial charge >= 0.3 is 0 Å². The van der Waals surface area contributed by atoms with Crippen LogP contribution in [-0.4, -0.2) is 6.10 Å². The molecule has 0 bridgehead atoms. The third kappa shape index (κ3) is 4.28. The van der Waals surface area contributed by atoms with Crippen LogP contribution in [0.5, 0.6) is 5.75 Å². The molecule has 0 heterocycles. The lowest BCUT2D eigenvalue weighted by atomic mass is 10.2. The summed E-state index contributed by atoms with van der Waals surface area (Å²) in [5.41, 5.74) is 8.60. The minimum Gasteiger partial charge on any atom is -0.490 e. The predicted molar refractivity (Wildman–Crippen MR) is 83.7 cm³/mol. The number of hydrazine groups is 1. The SMILES string of the molecule is CCC(C)Oc1ccccc1CNNc1ccccc1. The van der Waals surface area contributed by atoms with Crippen LogP contribution in [0.3, 0.4) is 0 Å². The normalized spacial score (nSPS) is 11.9. The van der Waals surface area contributed by atoms with Gasteiger partial charge in [-0.15, -0.1) is 0 Å². The fourth-order valence-corrected chi connectivity index (χ4v) is 1.83. The maximum atomic E-state index is 5.93. The molecule has 3 heteroatoms. The van der Waals surface area contributed by atoms with Gasteiger partial charge in [-0.2, -0.15) is 0 Å². The Kier molecular flexibility index (Phi) is 5.44. The van der Waals surface area contributed by atoms with Crippen LogP contribution >= 0.6 is 0 Å². The minimum atomic E-state index is 0.234. The van der Waals surface area contributed by atoms with E-state index in [0.717, 1.165) is 23.4 Å². The zero-order chi connectivity index (χ0) is 14.2. The summed E-state index contributed by atoms with van der Waals surface area (Å²) in [7, 11) is 0. The molecule has 0 aromatic heterocycles. The van der Waals surface area contributed by atoms with E-state index in [2.05, 4.69) is 30.8 Å². The zero-order valence-corrected chi connectivity index (χ0v) is 12.1. The monoisotopic (exact) mass is 270 g/mol. The third-order valence-electron chi connectivity index (χ3n) is 3.16. The smallest absolute Gasteiger partial charge is 0.124 e. The molecular formula is C17H22N2O. The van der Waals surface area contributed by atoms with E-state index >= 15 is 0 Å². The summed E-state index contributed by atoms with van der Waals surface area (Å²) in [5.74, 6) is 0.948. The Hall–Kier alpha value is -2.00. The Balaban J connectivity index is 1.92. The van der Waals surface area contributed by atoms with Crippen molar-refractivity contribution in [2.75, 3.05) is 5.43 Å².